The molecular weight excluding hydrogens is 369 g/mol. The van der Waals surface area contributed by atoms with Crippen LogP contribution >= 0.6 is 0 Å². The molecule has 2 aromatic heterocycles. The average Bonchev–Trinajstić information content (AvgIpc) is 3.17. The first-order valence-corrected chi connectivity index (χ1v) is 7.64. The first-order chi connectivity index (χ1) is 12.7. The second kappa shape index (κ2) is 7.14. The van der Waals surface area contributed by atoms with Crippen LogP contribution < -0.4 is 4.74 Å². The summed E-state index contributed by atoms with van der Waals surface area (Å²) in [6, 6.07) is 6.07. The molecule has 0 fully saturated rings. The van der Waals surface area contributed by atoms with Gasteiger partial charge in [-0.1, -0.05) is 0 Å². The lowest BCUT2D eigenvalue weighted by Crippen LogP contribution is -2.17. The van der Waals surface area contributed by atoms with Crippen LogP contribution in [0.4, 0.5) is 13.2 Å². The van der Waals surface area contributed by atoms with E-state index in [4.69, 9.17) is 13.6 Å². The van der Waals surface area contributed by atoms with Crippen LogP contribution in [0.1, 0.15) is 27.8 Å². The van der Waals surface area contributed by atoms with E-state index in [1.807, 2.05) is 0 Å². The van der Waals surface area contributed by atoms with Gasteiger partial charge in [0.15, 0.2) is 6.61 Å². The van der Waals surface area contributed by atoms with Crippen LogP contribution in [0.3, 0.4) is 0 Å². The standard InChI is InChI=1S/C17H13F3N2O5/c1-9-7-13(10(2)25-9)15-22-21-14(26-15)8-24-16(23)11-3-5-12(6-4-11)27-17(18,19)20/h3-7H,8H2,1-2H3. The zero-order valence-corrected chi connectivity index (χ0v) is 14.2. The summed E-state index contributed by atoms with van der Waals surface area (Å²) in [7, 11) is 0. The van der Waals surface area contributed by atoms with Crippen molar-refractivity contribution >= 4 is 5.97 Å². The maximum absolute atomic E-state index is 12.1. The van der Waals surface area contributed by atoms with E-state index >= 15 is 0 Å². The molecule has 10 heteroatoms. The molecule has 0 bridgehead atoms. The number of ether oxygens (including phenoxy) is 2. The molecule has 0 aliphatic heterocycles. The predicted octanol–water partition coefficient (Wildman–Crippen LogP) is 4.20. The summed E-state index contributed by atoms with van der Waals surface area (Å²) >= 11 is 0. The Balaban J connectivity index is 1.60. The lowest BCUT2D eigenvalue weighted by Gasteiger charge is -2.09. The normalized spacial score (nSPS) is 11.4. The predicted molar refractivity (Wildman–Crippen MR) is 83.7 cm³/mol. The lowest BCUT2D eigenvalue weighted by atomic mass is 10.2. The van der Waals surface area contributed by atoms with E-state index in [0.29, 0.717) is 17.1 Å². The fourth-order valence-electron chi connectivity index (χ4n) is 2.27. The van der Waals surface area contributed by atoms with Crippen molar-refractivity contribution in [3.05, 3.63) is 53.3 Å². The second-order valence-electron chi connectivity index (χ2n) is 5.48. The topological polar surface area (TPSA) is 87.6 Å². The minimum Gasteiger partial charge on any atom is -0.466 e. The van der Waals surface area contributed by atoms with Gasteiger partial charge in [-0.25, -0.2) is 4.79 Å². The number of rotatable bonds is 5. The van der Waals surface area contributed by atoms with E-state index in [9.17, 15) is 18.0 Å². The number of hydrogen-bond acceptors (Lipinski definition) is 7. The molecule has 27 heavy (non-hydrogen) atoms. The zero-order chi connectivity index (χ0) is 19.6. The highest BCUT2D eigenvalue weighted by atomic mass is 19.4. The first-order valence-electron chi connectivity index (χ1n) is 7.64. The van der Waals surface area contributed by atoms with Crippen molar-refractivity contribution in [3.8, 4) is 17.2 Å². The number of hydrogen-bond donors (Lipinski definition) is 0. The molecule has 0 aliphatic carbocycles. The van der Waals surface area contributed by atoms with Crippen LogP contribution in [-0.2, 0) is 11.3 Å². The van der Waals surface area contributed by atoms with Gasteiger partial charge in [-0.15, -0.1) is 23.4 Å². The Kier molecular flexibility index (Phi) is 4.89. The van der Waals surface area contributed by atoms with E-state index in [1.165, 1.54) is 0 Å². The highest BCUT2D eigenvalue weighted by Gasteiger charge is 2.31. The molecule has 1 aromatic carbocycles. The Bertz CT molecular complexity index is 944. The third-order valence-corrected chi connectivity index (χ3v) is 3.39. The molecule has 0 radical (unpaired) electrons. The molecule has 3 rings (SSSR count). The Morgan fingerprint density at radius 2 is 1.81 bits per heavy atom. The Hall–Kier alpha value is -3.30. The number of esters is 1. The zero-order valence-electron chi connectivity index (χ0n) is 14.2. The van der Waals surface area contributed by atoms with Gasteiger partial charge in [0.25, 0.3) is 11.8 Å². The highest BCUT2D eigenvalue weighted by molar-refractivity contribution is 5.89. The van der Waals surface area contributed by atoms with Gasteiger partial charge in [0.05, 0.1) is 11.1 Å². The van der Waals surface area contributed by atoms with Crippen molar-refractivity contribution < 1.29 is 36.3 Å². The minimum absolute atomic E-state index is 0.0468. The highest BCUT2D eigenvalue weighted by Crippen LogP contribution is 2.26. The Morgan fingerprint density at radius 3 is 2.41 bits per heavy atom. The van der Waals surface area contributed by atoms with E-state index in [2.05, 4.69) is 14.9 Å². The fraction of sp³-hybridized carbons (Fsp3) is 0.235. The largest absolute Gasteiger partial charge is 0.573 e. The van der Waals surface area contributed by atoms with Crippen LogP contribution in [0.5, 0.6) is 5.75 Å². The van der Waals surface area contributed by atoms with Gasteiger partial charge in [-0.05, 0) is 44.2 Å². The molecule has 0 aliphatic rings. The van der Waals surface area contributed by atoms with E-state index in [0.717, 1.165) is 24.3 Å². The molecule has 0 unspecified atom stereocenters. The minimum atomic E-state index is -4.80. The summed E-state index contributed by atoms with van der Waals surface area (Å²) in [5.74, 6) is 0.389. The lowest BCUT2D eigenvalue weighted by molar-refractivity contribution is -0.274. The summed E-state index contributed by atoms with van der Waals surface area (Å²) < 4.78 is 55.9. The van der Waals surface area contributed by atoms with Gasteiger partial charge in [0.1, 0.15) is 17.3 Å². The molecule has 0 saturated carbocycles. The number of nitrogens with zero attached hydrogens (tertiary/aromatic N) is 2. The van der Waals surface area contributed by atoms with Crippen LogP contribution in [0.25, 0.3) is 11.5 Å². The molecule has 0 atom stereocenters. The molecule has 2 heterocycles. The monoisotopic (exact) mass is 382 g/mol. The maximum Gasteiger partial charge on any atom is 0.573 e. The van der Waals surface area contributed by atoms with Crippen LogP contribution in [0, 0.1) is 13.8 Å². The number of aromatic nitrogens is 2. The van der Waals surface area contributed by atoms with Crippen LogP contribution in [0.2, 0.25) is 0 Å². The van der Waals surface area contributed by atoms with Gasteiger partial charge >= 0.3 is 12.3 Å². The molecule has 0 spiro atoms. The number of carbonyl (C=O) groups excluding carboxylic acids is 1. The fourth-order valence-corrected chi connectivity index (χ4v) is 2.27. The van der Waals surface area contributed by atoms with Crippen molar-refractivity contribution in [3.63, 3.8) is 0 Å². The Morgan fingerprint density at radius 1 is 1.11 bits per heavy atom. The number of alkyl halides is 3. The van der Waals surface area contributed by atoms with Crippen molar-refractivity contribution in [1.29, 1.82) is 0 Å². The molecule has 142 valence electrons. The van der Waals surface area contributed by atoms with Crippen LogP contribution in [0.15, 0.2) is 39.2 Å². The second-order valence-corrected chi connectivity index (χ2v) is 5.48. The quantitative estimate of drug-likeness (QED) is 0.611. The molecule has 0 amide bonds. The van der Waals surface area contributed by atoms with Gasteiger partial charge in [-0.3, -0.25) is 0 Å². The van der Waals surface area contributed by atoms with Gasteiger partial charge in [-0.2, -0.15) is 0 Å². The first kappa shape index (κ1) is 18.5. The number of furan rings is 1. The third kappa shape index (κ3) is 4.66. The Labute approximate surface area is 150 Å². The van der Waals surface area contributed by atoms with Crippen molar-refractivity contribution in [1.82, 2.24) is 10.2 Å². The summed E-state index contributed by atoms with van der Waals surface area (Å²) in [6.45, 7) is 3.24. The van der Waals surface area contributed by atoms with Gasteiger partial charge in [0, 0.05) is 0 Å². The molecule has 0 N–H and O–H groups in total. The van der Waals surface area contributed by atoms with Crippen molar-refractivity contribution in [2.24, 2.45) is 0 Å². The molecule has 7 nitrogen and oxygen atoms in total. The van der Waals surface area contributed by atoms with Gasteiger partial charge in [0.2, 0.25) is 0 Å². The summed E-state index contributed by atoms with van der Waals surface area (Å²) in [5.41, 5.74) is 0.684. The molecule has 3 aromatic rings. The number of halogens is 3. The average molecular weight is 382 g/mol. The van der Waals surface area contributed by atoms with E-state index in [-0.39, 0.29) is 24.0 Å². The summed E-state index contributed by atoms with van der Waals surface area (Å²) in [5, 5.41) is 7.65. The van der Waals surface area contributed by atoms with Crippen LogP contribution in [-0.4, -0.2) is 22.5 Å². The molecular formula is C17H13F3N2O5. The van der Waals surface area contributed by atoms with Crippen molar-refractivity contribution in [2.45, 2.75) is 26.8 Å². The summed E-state index contributed by atoms with van der Waals surface area (Å²) in [6.07, 6.45) is -4.80. The van der Waals surface area contributed by atoms with E-state index in [1.54, 1.807) is 19.9 Å². The number of benzene rings is 1. The third-order valence-electron chi connectivity index (χ3n) is 3.39. The molecule has 0 saturated heterocycles. The smallest absolute Gasteiger partial charge is 0.466 e. The SMILES string of the molecule is Cc1cc(-c2nnc(COC(=O)c3ccc(OC(F)(F)F)cc3)o2)c(C)o1. The van der Waals surface area contributed by atoms with E-state index < -0.39 is 18.1 Å². The number of carbonyl (C=O) groups is 1. The maximum atomic E-state index is 12.1. The van der Waals surface area contributed by atoms with Gasteiger partial charge < -0.3 is 18.3 Å². The van der Waals surface area contributed by atoms with Crippen molar-refractivity contribution in [2.75, 3.05) is 0 Å². The summed E-state index contributed by atoms with van der Waals surface area (Å²) in [4.78, 5) is 12.0. The number of aryl methyl sites for hydroxylation is 2.